The Morgan fingerprint density at radius 3 is 2.61 bits per heavy atom. The molecule has 0 saturated carbocycles. The normalized spacial score (nSPS) is 29.2. The lowest BCUT2D eigenvalue weighted by Gasteiger charge is -2.55. The predicted octanol–water partition coefficient (Wildman–Crippen LogP) is 1.22. The summed E-state index contributed by atoms with van der Waals surface area (Å²) < 4.78 is 38.3. The third-order valence-corrected chi connectivity index (χ3v) is 7.99. The first kappa shape index (κ1) is 24.6. The van der Waals surface area contributed by atoms with E-state index in [1.165, 1.54) is 12.0 Å². The summed E-state index contributed by atoms with van der Waals surface area (Å²) >= 11 is 0. The molecule has 13 nitrogen and oxygen atoms in total. The van der Waals surface area contributed by atoms with Gasteiger partial charge in [0.15, 0.2) is 17.1 Å². The van der Waals surface area contributed by atoms with Crippen LogP contribution < -0.4 is 20.4 Å². The molecule has 1 spiro atoms. The van der Waals surface area contributed by atoms with Crippen molar-refractivity contribution in [3.05, 3.63) is 17.4 Å². The smallest absolute Gasteiger partial charge is 0.416 e. The van der Waals surface area contributed by atoms with E-state index in [-0.39, 0.29) is 48.2 Å². The van der Waals surface area contributed by atoms with E-state index in [9.17, 15) is 19.2 Å². The summed E-state index contributed by atoms with van der Waals surface area (Å²) in [4.78, 5) is 54.2. The van der Waals surface area contributed by atoms with Gasteiger partial charge in [-0.15, -0.1) is 0 Å². The van der Waals surface area contributed by atoms with Crippen molar-refractivity contribution >= 4 is 46.4 Å². The molecule has 4 aliphatic rings. The summed E-state index contributed by atoms with van der Waals surface area (Å²) in [6.45, 7) is 5.48. The zero-order valence-electron chi connectivity index (χ0n) is 21.1. The second-order valence-electron chi connectivity index (χ2n) is 10.2. The minimum atomic E-state index is -1.78. The number of imide groups is 2. The lowest BCUT2D eigenvalue weighted by atomic mass is 9.66. The van der Waals surface area contributed by atoms with Crippen molar-refractivity contribution in [2.24, 2.45) is 5.41 Å². The van der Waals surface area contributed by atoms with Gasteiger partial charge in [-0.05, 0) is 32.4 Å². The van der Waals surface area contributed by atoms with Crippen LogP contribution in [0.15, 0.2) is 10.6 Å². The van der Waals surface area contributed by atoms with Crippen LogP contribution in [0.3, 0.4) is 0 Å². The molecule has 3 saturated heterocycles. The van der Waals surface area contributed by atoms with E-state index in [0.717, 1.165) is 0 Å². The molecule has 1 unspecified atom stereocenters. The number of anilines is 2. The van der Waals surface area contributed by atoms with E-state index in [2.05, 4.69) is 15.8 Å². The molecule has 5 amide bonds. The van der Waals surface area contributed by atoms with Crippen LogP contribution in [0.25, 0.3) is 11.0 Å². The molecule has 5 atom stereocenters. The van der Waals surface area contributed by atoms with E-state index < -0.39 is 59.5 Å². The number of rotatable bonds is 3. The van der Waals surface area contributed by atoms with E-state index >= 15 is 4.39 Å². The van der Waals surface area contributed by atoms with Crippen LogP contribution in [0.4, 0.5) is 25.5 Å². The van der Waals surface area contributed by atoms with Gasteiger partial charge in [-0.25, -0.2) is 18.9 Å². The number of ether oxygens (including phenoxy) is 3. The lowest BCUT2D eigenvalue weighted by Crippen LogP contribution is -2.75. The summed E-state index contributed by atoms with van der Waals surface area (Å²) in [6, 6.07) is -0.805. The first-order chi connectivity index (χ1) is 18.1. The molecule has 3 fully saturated rings. The third kappa shape index (κ3) is 3.19. The maximum atomic E-state index is 16.3. The van der Waals surface area contributed by atoms with Gasteiger partial charge in [-0.3, -0.25) is 20.2 Å². The van der Waals surface area contributed by atoms with Crippen LogP contribution >= 0.6 is 0 Å². The van der Waals surface area contributed by atoms with Crippen molar-refractivity contribution in [1.29, 1.82) is 0 Å². The van der Waals surface area contributed by atoms with Crippen LogP contribution in [0.5, 0.6) is 0 Å². The van der Waals surface area contributed by atoms with E-state index in [4.69, 9.17) is 18.7 Å². The largest absolute Gasteiger partial charge is 0.447 e. The molecule has 2 aromatic rings. The highest BCUT2D eigenvalue weighted by atomic mass is 19.1. The fourth-order valence-corrected chi connectivity index (χ4v) is 6.29. The van der Waals surface area contributed by atoms with E-state index in [1.807, 2.05) is 0 Å². The van der Waals surface area contributed by atoms with Crippen LogP contribution in [0.1, 0.15) is 26.3 Å². The number of nitrogens with zero attached hydrogens (tertiary/aromatic N) is 3. The van der Waals surface area contributed by atoms with Crippen molar-refractivity contribution < 1.29 is 42.3 Å². The minimum Gasteiger partial charge on any atom is -0.447 e. The molecule has 0 aliphatic carbocycles. The molecule has 0 radical (unpaired) electrons. The number of carbonyl (C=O) groups excluding carboxylic acids is 4. The Hall–Kier alpha value is -3.78. The van der Waals surface area contributed by atoms with Crippen molar-refractivity contribution in [3.8, 4) is 0 Å². The van der Waals surface area contributed by atoms with Gasteiger partial charge in [0.05, 0.1) is 35.4 Å². The molecule has 4 aliphatic heterocycles. The van der Waals surface area contributed by atoms with Gasteiger partial charge in [0.2, 0.25) is 17.4 Å². The fourth-order valence-electron chi connectivity index (χ4n) is 6.29. The standard InChI is InChI=1S/C24H26FN5O8/c1-9-7-29-16-12(6-24(18(29)11(3)37-9)20(31)26-22(33)27-21(24)32)5-13-17(15(16)25)38-28-19(13)30-14(10(2)35-4)8-36-23(30)34/h5,9-11,14,18H,6-8H2,1-4H3,(H2,26,27,31,32,33)/t9-,10+,11+,14+,18?/m1/s1. The molecule has 5 heterocycles. The number of hydrogen-bond donors (Lipinski definition) is 2. The second-order valence-corrected chi connectivity index (χ2v) is 10.2. The zero-order valence-corrected chi connectivity index (χ0v) is 21.1. The molecule has 1 aromatic heterocycles. The van der Waals surface area contributed by atoms with Gasteiger partial charge < -0.3 is 23.6 Å². The molecule has 6 rings (SSSR count). The van der Waals surface area contributed by atoms with Crippen LogP contribution in [-0.4, -0.2) is 79.8 Å². The first-order valence-electron chi connectivity index (χ1n) is 12.3. The van der Waals surface area contributed by atoms with Gasteiger partial charge in [0.25, 0.3) is 0 Å². The highest BCUT2D eigenvalue weighted by Gasteiger charge is 2.63. The predicted molar refractivity (Wildman–Crippen MR) is 127 cm³/mol. The molecular weight excluding hydrogens is 505 g/mol. The number of methoxy groups -OCH3 is 1. The number of morpholine rings is 1. The van der Waals surface area contributed by atoms with E-state index in [0.29, 0.717) is 5.56 Å². The fraction of sp³-hybridized carbons (Fsp3) is 0.542. The average molecular weight is 531 g/mol. The summed E-state index contributed by atoms with van der Waals surface area (Å²) in [6.07, 6.45) is -2.35. The average Bonchev–Trinajstić information content (AvgIpc) is 3.44. The number of urea groups is 1. The molecule has 38 heavy (non-hydrogen) atoms. The number of carbonyl (C=O) groups is 4. The van der Waals surface area contributed by atoms with Crippen molar-refractivity contribution in [1.82, 2.24) is 15.8 Å². The Kier molecular flexibility index (Phi) is 5.40. The number of aromatic nitrogens is 1. The van der Waals surface area contributed by atoms with Gasteiger partial charge in [0.1, 0.15) is 12.6 Å². The highest BCUT2D eigenvalue weighted by Crippen LogP contribution is 2.50. The summed E-state index contributed by atoms with van der Waals surface area (Å²) in [5, 5.41) is 8.58. The topological polar surface area (TPSA) is 153 Å². The number of amides is 5. The Morgan fingerprint density at radius 2 is 1.92 bits per heavy atom. The van der Waals surface area contributed by atoms with Gasteiger partial charge in [0, 0.05) is 20.1 Å². The third-order valence-electron chi connectivity index (χ3n) is 7.99. The molecular formula is C24H26FN5O8. The molecule has 2 N–H and O–H groups in total. The number of cyclic esters (lactones) is 1. The maximum absolute atomic E-state index is 16.3. The van der Waals surface area contributed by atoms with Gasteiger partial charge in [-0.2, -0.15) is 0 Å². The van der Waals surface area contributed by atoms with Crippen molar-refractivity contribution in [2.45, 2.75) is 57.6 Å². The Balaban J connectivity index is 1.55. The number of halogens is 1. The minimum absolute atomic E-state index is 0.0331. The van der Waals surface area contributed by atoms with Crippen LogP contribution in [-0.2, 0) is 30.2 Å². The quantitative estimate of drug-likeness (QED) is 0.553. The Labute approximate surface area is 215 Å². The lowest BCUT2D eigenvalue weighted by molar-refractivity contribution is -0.153. The first-order valence-corrected chi connectivity index (χ1v) is 12.3. The van der Waals surface area contributed by atoms with E-state index in [1.54, 1.807) is 31.7 Å². The highest BCUT2D eigenvalue weighted by molar-refractivity contribution is 6.20. The molecule has 0 bridgehead atoms. The number of benzene rings is 1. The number of nitrogens with one attached hydrogen (secondary N) is 2. The second kappa shape index (κ2) is 8.36. The van der Waals surface area contributed by atoms with Crippen LogP contribution in [0.2, 0.25) is 0 Å². The Morgan fingerprint density at radius 1 is 1.21 bits per heavy atom. The summed E-state index contributed by atoms with van der Waals surface area (Å²) in [5.41, 5.74) is -1.49. The van der Waals surface area contributed by atoms with Crippen molar-refractivity contribution in [2.75, 3.05) is 30.1 Å². The number of fused-ring (bicyclic) bond motifs is 5. The summed E-state index contributed by atoms with van der Waals surface area (Å²) in [7, 11) is 1.49. The maximum Gasteiger partial charge on any atom is 0.416 e. The molecule has 202 valence electrons. The monoisotopic (exact) mass is 531 g/mol. The SMILES string of the molecule is CO[C@@H](C)[C@@H]1COC(=O)N1c1noc2c(F)c3c(cc12)CC1(C(=O)NC(=O)NC1=O)C1[C@H](C)O[C@H](C)CN31. The van der Waals surface area contributed by atoms with Gasteiger partial charge in [-0.1, -0.05) is 5.16 Å². The van der Waals surface area contributed by atoms with Gasteiger partial charge >= 0.3 is 12.1 Å². The summed E-state index contributed by atoms with van der Waals surface area (Å²) in [5.74, 6) is -2.29. The Bertz CT molecular complexity index is 1370. The van der Waals surface area contributed by atoms with Crippen molar-refractivity contribution in [3.63, 3.8) is 0 Å². The molecule has 14 heteroatoms. The zero-order chi connectivity index (χ0) is 27.1. The van der Waals surface area contributed by atoms with Crippen LogP contribution in [0, 0.1) is 11.2 Å². The number of hydrogen-bond acceptors (Lipinski definition) is 10. The number of barbiturate groups is 1. The molecule has 1 aromatic carbocycles.